The topological polar surface area (TPSA) is 81.8 Å². The summed E-state index contributed by atoms with van der Waals surface area (Å²) in [6.07, 6.45) is 3.18. The minimum atomic E-state index is -0.554. The van der Waals surface area contributed by atoms with Gasteiger partial charge in [-0.1, -0.05) is 69.2 Å². The molecule has 2 aromatic rings. The Morgan fingerprint density at radius 2 is 1.57 bits per heavy atom. The highest BCUT2D eigenvalue weighted by Gasteiger charge is 2.47. The second-order valence-corrected chi connectivity index (χ2v) is 10.6. The number of benzene rings is 2. The van der Waals surface area contributed by atoms with E-state index in [1.807, 2.05) is 41.3 Å². The van der Waals surface area contributed by atoms with Crippen LogP contribution in [-0.4, -0.2) is 65.8 Å². The molecular formula is C30H38N4O3. The zero-order valence-electron chi connectivity index (χ0n) is 21.9. The van der Waals surface area contributed by atoms with E-state index in [2.05, 4.69) is 36.6 Å². The fraction of sp³-hybridized carbons (Fsp3) is 0.500. The molecule has 3 aliphatic rings. The summed E-state index contributed by atoms with van der Waals surface area (Å²) in [5.41, 5.74) is 3.94. The Morgan fingerprint density at radius 1 is 0.946 bits per heavy atom. The lowest BCUT2D eigenvalue weighted by molar-refractivity contribution is -0.154. The largest absolute Gasteiger partial charge is 0.342 e. The fourth-order valence-electron chi connectivity index (χ4n) is 6.37. The summed E-state index contributed by atoms with van der Waals surface area (Å²) in [5, 5.41) is 6.42. The molecule has 2 aliphatic heterocycles. The lowest BCUT2D eigenvalue weighted by Crippen LogP contribution is -2.66. The molecular weight excluding hydrogens is 464 g/mol. The van der Waals surface area contributed by atoms with Gasteiger partial charge in [-0.2, -0.15) is 0 Å². The summed E-state index contributed by atoms with van der Waals surface area (Å²) in [6, 6.07) is 14.8. The van der Waals surface area contributed by atoms with Gasteiger partial charge in [-0.25, -0.2) is 0 Å². The second kappa shape index (κ2) is 11.1. The molecule has 7 nitrogen and oxygen atoms in total. The standard InChI is InChI=1S/C30H38N4O3/c1-3-20(4-2)27-28(35)32-26(24-17-21-9-5-6-10-22(21)18-24)30(37)34(27)19-23-11-7-8-12-25(23)29(36)33-15-13-31-14-16-33/h5-12,20,24,26-27,31H,3-4,13-19H2,1-2H3,(H,32,35)/t26-,27-/m1/s1. The molecule has 2 fully saturated rings. The molecule has 5 rings (SSSR count). The van der Waals surface area contributed by atoms with E-state index in [1.54, 1.807) is 4.90 Å². The Bertz CT molecular complexity index is 1130. The van der Waals surface area contributed by atoms with Gasteiger partial charge < -0.3 is 20.4 Å². The number of nitrogens with zero attached hydrogens (tertiary/aromatic N) is 2. The van der Waals surface area contributed by atoms with Crippen molar-refractivity contribution in [2.24, 2.45) is 11.8 Å². The van der Waals surface area contributed by atoms with Crippen LogP contribution in [-0.2, 0) is 29.0 Å². The first kappa shape index (κ1) is 25.5. The van der Waals surface area contributed by atoms with Crippen molar-refractivity contribution in [1.82, 2.24) is 20.4 Å². The number of hydrogen-bond acceptors (Lipinski definition) is 4. The van der Waals surface area contributed by atoms with Crippen LogP contribution in [0.15, 0.2) is 48.5 Å². The second-order valence-electron chi connectivity index (χ2n) is 10.6. The molecule has 2 heterocycles. The van der Waals surface area contributed by atoms with Gasteiger partial charge in [0.05, 0.1) is 0 Å². The highest BCUT2D eigenvalue weighted by atomic mass is 16.2. The highest BCUT2D eigenvalue weighted by molar-refractivity contribution is 5.98. The molecule has 7 heteroatoms. The molecule has 2 saturated heterocycles. The quantitative estimate of drug-likeness (QED) is 0.610. The first-order valence-electron chi connectivity index (χ1n) is 13.8. The van der Waals surface area contributed by atoms with Gasteiger partial charge in [-0.3, -0.25) is 14.4 Å². The summed E-state index contributed by atoms with van der Waals surface area (Å²) in [4.78, 5) is 44.9. The van der Waals surface area contributed by atoms with Crippen LogP contribution in [0.1, 0.15) is 53.7 Å². The summed E-state index contributed by atoms with van der Waals surface area (Å²) >= 11 is 0. The summed E-state index contributed by atoms with van der Waals surface area (Å²) in [5.74, 6) is -0.00905. The maximum atomic E-state index is 14.2. The molecule has 0 aromatic heterocycles. The van der Waals surface area contributed by atoms with E-state index in [9.17, 15) is 14.4 Å². The monoisotopic (exact) mass is 502 g/mol. The Morgan fingerprint density at radius 3 is 2.22 bits per heavy atom. The van der Waals surface area contributed by atoms with Crippen LogP contribution in [0.3, 0.4) is 0 Å². The number of hydrogen-bond donors (Lipinski definition) is 2. The van der Waals surface area contributed by atoms with E-state index in [0.29, 0.717) is 18.7 Å². The van der Waals surface area contributed by atoms with Crippen molar-refractivity contribution in [3.05, 3.63) is 70.8 Å². The molecule has 2 atom stereocenters. The highest BCUT2D eigenvalue weighted by Crippen LogP contribution is 2.33. The molecule has 0 bridgehead atoms. The van der Waals surface area contributed by atoms with Crippen LogP contribution in [0.2, 0.25) is 0 Å². The third-order valence-corrected chi connectivity index (χ3v) is 8.49. The van der Waals surface area contributed by atoms with E-state index in [-0.39, 0.29) is 36.1 Å². The number of carbonyl (C=O) groups is 3. The first-order valence-corrected chi connectivity index (χ1v) is 13.8. The average molecular weight is 503 g/mol. The number of carbonyl (C=O) groups excluding carboxylic acids is 3. The van der Waals surface area contributed by atoms with E-state index in [4.69, 9.17) is 0 Å². The Hall–Kier alpha value is -3.19. The van der Waals surface area contributed by atoms with Gasteiger partial charge in [-0.15, -0.1) is 0 Å². The zero-order chi connectivity index (χ0) is 25.9. The van der Waals surface area contributed by atoms with Crippen LogP contribution in [0, 0.1) is 11.8 Å². The van der Waals surface area contributed by atoms with Crippen molar-refractivity contribution in [2.75, 3.05) is 26.2 Å². The predicted molar refractivity (Wildman–Crippen MR) is 143 cm³/mol. The number of nitrogens with one attached hydrogen (secondary N) is 2. The smallest absolute Gasteiger partial charge is 0.254 e. The zero-order valence-corrected chi connectivity index (χ0v) is 21.9. The maximum Gasteiger partial charge on any atom is 0.254 e. The Balaban J connectivity index is 1.45. The van der Waals surface area contributed by atoms with Gasteiger partial charge in [0.15, 0.2) is 0 Å². The number of fused-ring (bicyclic) bond motifs is 1. The molecule has 0 spiro atoms. The van der Waals surface area contributed by atoms with E-state index in [1.165, 1.54) is 11.1 Å². The van der Waals surface area contributed by atoms with Gasteiger partial charge in [-0.05, 0) is 47.4 Å². The number of amides is 3. The van der Waals surface area contributed by atoms with Crippen molar-refractivity contribution in [1.29, 1.82) is 0 Å². The third-order valence-electron chi connectivity index (χ3n) is 8.49. The van der Waals surface area contributed by atoms with Crippen LogP contribution >= 0.6 is 0 Å². The molecule has 196 valence electrons. The van der Waals surface area contributed by atoms with Crippen molar-refractivity contribution >= 4 is 17.7 Å². The van der Waals surface area contributed by atoms with Crippen LogP contribution in [0.25, 0.3) is 0 Å². The minimum Gasteiger partial charge on any atom is -0.342 e. The number of piperazine rings is 2. The average Bonchev–Trinajstić information content (AvgIpc) is 3.37. The molecule has 2 N–H and O–H groups in total. The maximum absolute atomic E-state index is 14.2. The molecule has 3 amide bonds. The van der Waals surface area contributed by atoms with Crippen LogP contribution in [0.4, 0.5) is 0 Å². The Kier molecular flexibility index (Phi) is 7.60. The molecule has 37 heavy (non-hydrogen) atoms. The molecule has 0 radical (unpaired) electrons. The van der Waals surface area contributed by atoms with Gasteiger partial charge >= 0.3 is 0 Å². The minimum absolute atomic E-state index is 0.00659. The number of rotatable bonds is 7. The van der Waals surface area contributed by atoms with Crippen molar-refractivity contribution in [3.8, 4) is 0 Å². The molecule has 0 saturated carbocycles. The summed E-state index contributed by atoms with van der Waals surface area (Å²) in [6.45, 7) is 7.30. The lowest BCUT2D eigenvalue weighted by atomic mass is 9.85. The SMILES string of the molecule is CCC(CC)[C@@H]1C(=O)N[C@H](C2Cc3ccccc3C2)C(=O)N1Cc1ccccc1C(=O)N1CCNCC1. The summed E-state index contributed by atoms with van der Waals surface area (Å²) in [7, 11) is 0. The molecule has 2 aromatic carbocycles. The van der Waals surface area contributed by atoms with E-state index >= 15 is 0 Å². The van der Waals surface area contributed by atoms with Gasteiger partial charge in [0.2, 0.25) is 11.8 Å². The van der Waals surface area contributed by atoms with Gasteiger partial charge in [0.25, 0.3) is 5.91 Å². The van der Waals surface area contributed by atoms with E-state index in [0.717, 1.165) is 44.3 Å². The fourth-order valence-corrected chi connectivity index (χ4v) is 6.37. The summed E-state index contributed by atoms with van der Waals surface area (Å²) < 4.78 is 0. The van der Waals surface area contributed by atoms with E-state index < -0.39 is 12.1 Å². The predicted octanol–water partition coefficient (Wildman–Crippen LogP) is 2.78. The molecule has 1 aliphatic carbocycles. The van der Waals surface area contributed by atoms with Crippen molar-refractivity contribution in [3.63, 3.8) is 0 Å². The van der Waals surface area contributed by atoms with Crippen molar-refractivity contribution in [2.45, 2.75) is 58.2 Å². The lowest BCUT2D eigenvalue weighted by Gasteiger charge is -2.44. The van der Waals surface area contributed by atoms with Crippen LogP contribution in [0.5, 0.6) is 0 Å². The van der Waals surface area contributed by atoms with Gasteiger partial charge in [0, 0.05) is 38.3 Å². The Labute approximate surface area is 219 Å². The first-order chi connectivity index (χ1) is 18.0. The normalized spacial score (nSPS) is 22.4. The van der Waals surface area contributed by atoms with Gasteiger partial charge in [0.1, 0.15) is 12.1 Å². The third kappa shape index (κ3) is 5.01. The van der Waals surface area contributed by atoms with Crippen LogP contribution < -0.4 is 10.6 Å². The molecule has 0 unspecified atom stereocenters. The van der Waals surface area contributed by atoms with Crippen molar-refractivity contribution < 1.29 is 14.4 Å².